The van der Waals surface area contributed by atoms with Crippen LogP contribution in [0.3, 0.4) is 0 Å². The van der Waals surface area contributed by atoms with Crippen molar-refractivity contribution in [2.45, 2.75) is 12.8 Å². The number of halogens is 1. The first-order chi connectivity index (χ1) is 9.75. The van der Waals surface area contributed by atoms with Crippen LogP contribution in [0.25, 0.3) is 0 Å². The van der Waals surface area contributed by atoms with Crippen LogP contribution in [0.1, 0.15) is 23.2 Å². The van der Waals surface area contributed by atoms with E-state index in [4.69, 9.17) is 16.3 Å². The van der Waals surface area contributed by atoms with E-state index in [1.807, 2.05) is 0 Å². The summed E-state index contributed by atoms with van der Waals surface area (Å²) in [4.78, 5) is 18.1. The number of hydrogen-bond acceptors (Lipinski definition) is 4. The fourth-order valence-electron chi connectivity index (χ4n) is 2.13. The maximum absolute atomic E-state index is 11.8. The molecule has 2 rings (SSSR count). The molecule has 1 aromatic heterocycles. The van der Waals surface area contributed by atoms with Crippen LogP contribution in [0, 0.1) is 0 Å². The Hall–Kier alpha value is -1.17. The SMILES string of the molecule is O=C(NCCCCN1CCOCC1)c1ccnc(Cl)c1. The van der Waals surface area contributed by atoms with Crippen LogP contribution < -0.4 is 5.32 Å². The minimum atomic E-state index is -0.0966. The number of nitrogens with one attached hydrogen (secondary N) is 1. The molecule has 1 N–H and O–H groups in total. The molecule has 20 heavy (non-hydrogen) atoms. The van der Waals surface area contributed by atoms with Crippen molar-refractivity contribution in [2.24, 2.45) is 0 Å². The molecule has 1 aromatic rings. The molecule has 1 amide bonds. The van der Waals surface area contributed by atoms with Gasteiger partial charge in [-0.1, -0.05) is 11.6 Å². The summed E-state index contributed by atoms with van der Waals surface area (Å²) in [5.41, 5.74) is 0.554. The van der Waals surface area contributed by atoms with Gasteiger partial charge in [0.05, 0.1) is 13.2 Å². The fourth-order valence-corrected chi connectivity index (χ4v) is 2.31. The Balaban J connectivity index is 1.59. The number of hydrogen-bond donors (Lipinski definition) is 1. The Morgan fingerprint density at radius 3 is 2.95 bits per heavy atom. The summed E-state index contributed by atoms with van der Waals surface area (Å²) in [6.07, 6.45) is 3.59. The highest BCUT2D eigenvalue weighted by molar-refractivity contribution is 6.29. The lowest BCUT2D eigenvalue weighted by atomic mass is 10.2. The maximum atomic E-state index is 11.8. The number of ether oxygens (including phenoxy) is 1. The molecule has 1 fully saturated rings. The van der Waals surface area contributed by atoms with Gasteiger partial charge < -0.3 is 10.1 Å². The van der Waals surface area contributed by atoms with Crippen molar-refractivity contribution in [3.05, 3.63) is 29.0 Å². The molecule has 110 valence electrons. The van der Waals surface area contributed by atoms with Crippen molar-refractivity contribution in [2.75, 3.05) is 39.4 Å². The van der Waals surface area contributed by atoms with E-state index >= 15 is 0 Å². The predicted molar refractivity (Wildman–Crippen MR) is 78.1 cm³/mol. The Labute approximate surface area is 124 Å². The Morgan fingerprint density at radius 1 is 1.40 bits per heavy atom. The molecule has 0 spiro atoms. The number of morpholine rings is 1. The molecule has 0 radical (unpaired) electrons. The average Bonchev–Trinajstić information content (AvgIpc) is 2.48. The smallest absolute Gasteiger partial charge is 0.251 e. The molecule has 0 bridgehead atoms. The molecule has 2 heterocycles. The van der Waals surface area contributed by atoms with Gasteiger partial charge in [-0.3, -0.25) is 9.69 Å². The first kappa shape index (κ1) is 15.2. The zero-order valence-corrected chi connectivity index (χ0v) is 12.2. The summed E-state index contributed by atoms with van der Waals surface area (Å²) in [5.74, 6) is -0.0966. The van der Waals surface area contributed by atoms with Gasteiger partial charge in [0.2, 0.25) is 0 Å². The number of rotatable bonds is 6. The van der Waals surface area contributed by atoms with Gasteiger partial charge in [-0.25, -0.2) is 4.98 Å². The first-order valence-corrected chi connectivity index (χ1v) is 7.33. The minimum Gasteiger partial charge on any atom is -0.379 e. The topological polar surface area (TPSA) is 54.5 Å². The lowest BCUT2D eigenvalue weighted by Gasteiger charge is -2.26. The molecule has 1 aliphatic rings. The van der Waals surface area contributed by atoms with Crippen LogP contribution >= 0.6 is 11.6 Å². The highest BCUT2D eigenvalue weighted by atomic mass is 35.5. The number of carbonyl (C=O) groups excluding carboxylic acids is 1. The summed E-state index contributed by atoms with van der Waals surface area (Å²) in [6.45, 7) is 5.45. The number of pyridine rings is 1. The van der Waals surface area contributed by atoms with Crippen LogP contribution in [0.15, 0.2) is 18.3 Å². The zero-order valence-electron chi connectivity index (χ0n) is 11.5. The van der Waals surface area contributed by atoms with Gasteiger partial charge in [0, 0.05) is 31.4 Å². The second-order valence-electron chi connectivity index (χ2n) is 4.78. The highest BCUT2D eigenvalue weighted by Crippen LogP contribution is 2.06. The molecular formula is C14H20ClN3O2. The lowest BCUT2D eigenvalue weighted by Crippen LogP contribution is -2.37. The van der Waals surface area contributed by atoms with E-state index in [-0.39, 0.29) is 5.91 Å². The number of amides is 1. The molecule has 0 aliphatic carbocycles. The van der Waals surface area contributed by atoms with Crippen LogP contribution in [0.2, 0.25) is 5.15 Å². The molecule has 6 heteroatoms. The molecule has 0 atom stereocenters. The van der Waals surface area contributed by atoms with E-state index in [0.717, 1.165) is 45.7 Å². The average molecular weight is 298 g/mol. The maximum Gasteiger partial charge on any atom is 0.251 e. The van der Waals surface area contributed by atoms with E-state index in [1.165, 1.54) is 6.20 Å². The van der Waals surface area contributed by atoms with Crippen molar-refractivity contribution < 1.29 is 9.53 Å². The number of aromatic nitrogens is 1. The number of nitrogens with zero attached hydrogens (tertiary/aromatic N) is 2. The second-order valence-corrected chi connectivity index (χ2v) is 5.17. The van der Waals surface area contributed by atoms with Crippen LogP contribution in [-0.2, 0) is 4.74 Å². The molecule has 0 saturated carbocycles. The van der Waals surface area contributed by atoms with Gasteiger partial charge in [-0.15, -0.1) is 0 Å². The van der Waals surface area contributed by atoms with E-state index in [9.17, 15) is 4.79 Å². The molecule has 1 aliphatic heterocycles. The number of carbonyl (C=O) groups is 1. The predicted octanol–water partition coefficient (Wildman–Crippen LogP) is 1.58. The van der Waals surface area contributed by atoms with Crippen molar-refractivity contribution in [1.82, 2.24) is 15.2 Å². The van der Waals surface area contributed by atoms with Crippen molar-refractivity contribution >= 4 is 17.5 Å². The summed E-state index contributed by atoms with van der Waals surface area (Å²) in [5, 5.41) is 3.23. The third-order valence-corrected chi connectivity index (χ3v) is 3.49. The van der Waals surface area contributed by atoms with Gasteiger partial charge >= 0.3 is 0 Å². The lowest BCUT2D eigenvalue weighted by molar-refractivity contribution is 0.0372. The first-order valence-electron chi connectivity index (χ1n) is 6.95. The van der Waals surface area contributed by atoms with E-state index in [2.05, 4.69) is 15.2 Å². The van der Waals surface area contributed by atoms with Crippen molar-refractivity contribution in [3.63, 3.8) is 0 Å². The summed E-state index contributed by atoms with van der Waals surface area (Å²) >= 11 is 5.75. The summed E-state index contributed by atoms with van der Waals surface area (Å²) in [6, 6.07) is 3.24. The van der Waals surface area contributed by atoms with Crippen molar-refractivity contribution in [1.29, 1.82) is 0 Å². The molecule has 5 nitrogen and oxygen atoms in total. The van der Waals surface area contributed by atoms with Crippen molar-refractivity contribution in [3.8, 4) is 0 Å². The Kier molecular flexibility index (Phi) is 6.24. The second kappa shape index (κ2) is 8.19. The Morgan fingerprint density at radius 2 is 2.20 bits per heavy atom. The third-order valence-electron chi connectivity index (χ3n) is 3.28. The van der Waals surface area contributed by atoms with Gasteiger partial charge in [0.1, 0.15) is 5.15 Å². The highest BCUT2D eigenvalue weighted by Gasteiger charge is 2.09. The van der Waals surface area contributed by atoms with Gasteiger partial charge in [0.25, 0.3) is 5.91 Å². The summed E-state index contributed by atoms with van der Waals surface area (Å²) < 4.78 is 5.30. The van der Waals surface area contributed by atoms with Crippen LogP contribution in [0.5, 0.6) is 0 Å². The van der Waals surface area contributed by atoms with Gasteiger partial charge in [-0.05, 0) is 31.5 Å². The standard InChI is InChI=1S/C14H20ClN3O2/c15-13-11-12(3-5-16-13)14(19)17-4-1-2-6-18-7-9-20-10-8-18/h3,5,11H,1-2,4,6-10H2,(H,17,19). The normalized spacial score (nSPS) is 16.1. The number of unbranched alkanes of at least 4 members (excludes halogenated alkanes) is 1. The quantitative estimate of drug-likeness (QED) is 0.640. The fraction of sp³-hybridized carbons (Fsp3) is 0.571. The monoisotopic (exact) mass is 297 g/mol. The molecular weight excluding hydrogens is 278 g/mol. The van der Waals surface area contributed by atoms with E-state index in [1.54, 1.807) is 12.1 Å². The van der Waals surface area contributed by atoms with E-state index < -0.39 is 0 Å². The van der Waals surface area contributed by atoms with Crippen LogP contribution in [-0.4, -0.2) is 55.2 Å². The molecule has 0 aromatic carbocycles. The Bertz CT molecular complexity index is 436. The van der Waals surface area contributed by atoms with Gasteiger partial charge in [-0.2, -0.15) is 0 Å². The zero-order chi connectivity index (χ0) is 14.2. The minimum absolute atomic E-state index is 0.0966. The van der Waals surface area contributed by atoms with Gasteiger partial charge in [0.15, 0.2) is 0 Å². The van der Waals surface area contributed by atoms with Crippen LogP contribution in [0.4, 0.5) is 0 Å². The third kappa shape index (κ3) is 5.07. The molecule has 0 unspecified atom stereocenters. The summed E-state index contributed by atoms with van der Waals surface area (Å²) in [7, 11) is 0. The molecule has 1 saturated heterocycles. The largest absolute Gasteiger partial charge is 0.379 e. The van der Waals surface area contributed by atoms with E-state index in [0.29, 0.717) is 17.3 Å².